The second-order valence-corrected chi connectivity index (χ2v) is 6.33. The van der Waals surface area contributed by atoms with Crippen LogP contribution in [0.3, 0.4) is 0 Å². The monoisotopic (exact) mass is 286 g/mol. The maximum atomic E-state index is 11.8. The maximum Gasteiger partial charge on any atom is 0.261 e. The summed E-state index contributed by atoms with van der Waals surface area (Å²) < 4.78 is 0.660. The molecule has 0 unspecified atom stereocenters. The lowest BCUT2D eigenvalue weighted by atomic mass is 10.2. The molecular formula is C13H19ClN2OS. The number of likely N-dealkylation sites (tertiary alicyclic amines) is 1. The van der Waals surface area contributed by atoms with Crippen molar-refractivity contribution >= 4 is 28.8 Å². The number of nitrogens with one attached hydrogen (secondary N) is 1. The van der Waals surface area contributed by atoms with Gasteiger partial charge in [0.15, 0.2) is 0 Å². The van der Waals surface area contributed by atoms with Crippen LogP contribution in [0.15, 0.2) is 12.1 Å². The molecule has 1 aromatic rings. The molecule has 0 spiro atoms. The zero-order valence-electron chi connectivity index (χ0n) is 10.5. The van der Waals surface area contributed by atoms with Gasteiger partial charge in [0.05, 0.1) is 9.21 Å². The summed E-state index contributed by atoms with van der Waals surface area (Å²) in [4.78, 5) is 14.9. The van der Waals surface area contributed by atoms with Crippen LogP contribution in [0.25, 0.3) is 0 Å². The SMILES string of the molecule is O=C(NCCN1CCCCCC1)c1ccc(Cl)s1. The van der Waals surface area contributed by atoms with Gasteiger partial charge in [-0.3, -0.25) is 4.79 Å². The highest BCUT2D eigenvalue weighted by atomic mass is 35.5. The van der Waals surface area contributed by atoms with E-state index in [1.165, 1.54) is 50.1 Å². The fraction of sp³-hybridized carbons (Fsp3) is 0.615. The molecule has 0 saturated carbocycles. The summed E-state index contributed by atoms with van der Waals surface area (Å²) in [5, 5.41) is 2.95. The molecular weight excluding hydrogens is 268 g/mol. The van der Waals surface area contributed by atoms with E-state index in [1.54, 1.807) is 12.1 Å². The van der Waals surface area contributed by atoms with Gasteiger partial charge in [-0.1, -0.05) is 24.4 Å². The number of rotatable bonds is 4. The fourth-order valence-corrected chi connectivity index (χ4v) is 3.17. The van der Waals surface area contributed by atoms with Gasteiger partial charge in [-0.05, 0) is 38.1 Å². The number of amides is 1. The normalized spacial score (nSPS) is 17.4. The third kappa shape index (κ3) is 4.26. The largest absolute Gasteiger partial charge is 0.350 e. The van der Waals surface area contributed by atoms with Crippen LogP contribution in [-0.4, -0.2) is 37.0 Å². The number of carbonyl (C=O) groups excluding carboxylic acids is 1. The Balaban J connectivity index is 1.69. The molecule has 0 radical (unpaired) electrons. The van der Waals surface area contributed by atoms with E-state index in [2.05, 4.69) is 10.2 Å². The lowest BCUT2D eigenvalue weighted by Crippen LogP contribution is -2.35. The lowest BCUT2D eigenvalue weighted by Gasteiger charge is -2.19. The maximum absolute atomic E-state index is 11.8. The molecule has 2 heterocycles. The number of hydrogen-bond donors (Lipinski definition) is 1. The lowest BCUT2D eigenvalue weighted by molar-refractivity contribution is 0.0952. The standard InChI is InChI=1S/C13H19ClN2OS/c14-12-6-5-11(18-12)13(17)15-7-10-16-8-3-1-2-4-9-16/h5-6H,1-4,7-10H2,(H,15,17). The first-order chi connectivity index (χ1) is 8.75. The number of thiophene rings is 1. The Hall–Kier alpha value is -0.580. The van der Waals surface area contributed by atoms with Crippen LogP contribution in [0.1, 0.15) is 35.4 Å². The van der Waals surface area contributed by atoms with Gasteiger partial charge >= 0.3 is 0 Å². The van der Waals surface area contributed by atoms with Crippen molar-refractivity contribution in [2.75, 3.05) is 26.2 Å². The van der Waals surface area contributed by atoms with Crippen LogP contribution in [-0.2, 0) is 0 Å². The van der Waals surface area contributed by atoms with Crippen molar-refractivity contribution in [3.05, 3.63) is 21.3 Å². The minimum Gasteiger partial charge on any atom is -0.350 e. The molecule has 1 N–H and O–H groups in total. The number of nitrogens with zero attached hydrogens (tertiary/aromatic N) is 1. The molecule has 1 saturated heterocycles. The molecule has 1 amide bonds. The van der Waals surface area contributed by atoms with E-state index in [4.69, 9.17) is 11.6 Å². The Morgan fingerprint density at radius 1 is 1.28 bits per heavy atom. The van der Waals surface area contributed by atoms with Crippen molar-refractivity contribution < 1.29 is 4.79 Å². The van der Waals surface area contributed by atoms with Crippen LogP contribution in [0, 0.1) is 0 Å². The van der Waals surface area contributed by atoms with Crippen molar-refractivity contribution in [2.45, 2.75) is 25.7 Å². The summed E-state index contributed by atoms with van der Waals surface area (Å²) in [6.07, 6.45) is 5.26. The average Bonchev–Trinajstić information content (AvgIpc) is 2.63. The predicted molar refractivity (Wildman–Crippen MR) is 76.6 cm³/mol. The molecule has 0 aliphatic carbocycles. The van der Waals surface area contributed by atoms with Crippen molar-refractivity contribution in [1.29, 1.82) is 0 Å². The molecule has 100 valence electrons. The molecule has 0 atom stereocenters. The Labute approximate surface area is 117 Å². The average molecular weight is 287 g/mol. The minimum atomic E-state index is -0.0123. The third-order valence-corrected chi connectivity index (χ3v) is 4.44. The Morgan fingerprint density at radius 2 is 2.00 bits per heavy atom. The van der Waals surface area contributed by atoms with E-state index in [9.17, 15) is 4.79 Å². The van der Waals surface area contributed by atoms with Gasteiger partial charge in [-0.15, -0.1) is 11.3 Å². The molecule has 18 heavy (non-hydrogen) atoms. The van der Waals surface area contributed by atoms with Crippen molar-refractivity contribution in [1.82, 2.24) is 10.2 Å². The summed E-state index contributed by atoms with van der Waals surface area (Å²) in [6.45, 7) is 4.00. The van der Waals surface area contributed by atoms with E-state index < -0.39 is 0 Å². The van der Waals surface area contributed by atoms with E-state index in [0.717, 1.165) is 6.54 Å². The van der Waals surface area contributed by atoms with Gasteiger partial charge in [-0.2, -0.15) is 0 Å². The van der Waals surface area contributed by atoms with Gasteiger partial charge in [0.2, 0.25) is 0 Å². The molecule has 1 aliphatic rings. The zero-order valence-corrected chi connectivity index (χ0v) is 12.0. The Morgan fingerprint density at radius 3 is 2.61 bits per heavy atom. The molecule has 0 aromatic carbocycles. The van der Waals surface area contributed by atoms with Crippen molar-refractivity contribution in [2.24, 2.45) is 0 Å². The summed E-state index contributed by atoms with van der Waals surface area (Å²) in [5.41, 5.74) is 0. The highest BCUT2D eigenvalue weighted by Crippen LogP contribution is 2.21. The van der Waals surface area contributed by atoms with Crippen LogP contribution >= 0.6 is 22.9 Å². The zero-order chi connectivity index (χ0) is 12.8. The smallest absolute Gasteiger partial charge is 0.261 e. The molecule has 3 nitrogen and oxygen atoms in total. The van der Waals surface area contributed by atoms with Crippen LogP contribution < -0.4 is 5.32 Å². The minimum absolute atomic E-state index is 0.0123. The number of carbonyl (C=O) groups is 1. The van der Waals surface area contributed by atoms with E-state index in [0.29, 0.717) is 15.8 Å². The van der Waals surface area contributed by atoms with E-state index in [-0.39, 0.29) is 5.91 Å². The predicted octanol–water partition coefficient (Wildman–Crippen LogP) is 3.01. The highest BCUT2D eigenvalue weighted by Gasteiger charge is 2.11. The van der Waals surface area contributed by atoms with Gasteiger partial charge in [0.1, 0.15) is 0 Å². The van der Waals surface area contributed by atoms with E-state index in [1.807, 2.05) is 0 Å². The number of halogens is 1. The summed E-state index contributed by atoms with van der Waals surface area (Å²) in [5.74, 6) is -0.0123. The van der Waals surface area contributed by atoms with Gasteiger partial charge in [0.25, 0.3) is 5.91 Å². The third-order valence-electron chi connectivity index (χ3n) is 3.21. The summed E-state index contributed by atoms with van der Waals surface area (Å²) >= 11 is 7.13. The Kier molecular flexibility index (Phi) is 5.47. The van der Waals surface area contributed by atoms with Gasteiger partial charge in [-0.25, -0.2) is 0 Å². The van der Waals surface area contributed by atoms with Crippen molar-refractivity contribution in [3.63, 3.8) is 0 Å². The van der Waals surface area contributed by atoms with E-state index >= 15 is 0 Å². The Bertz CT molecular complexity index is 386. The second-order valence-electron chi connectivity index (χ2n) is 4.62. The first-order valence-corrected chi connectivity index (χ1v) is 7.71. The number of hydrogen-bond acceptors (Lipinski definition) is 3. The molecule has 0 bridgehead atoms. The quantitative estimate of drug-likeness (QED) is 0.923. The fourth-order valence-electron chi connectivity index (χ4n) is 2.21. The van der Waals surface area contributed by atoms with Crippen LogP contribution in [0.4, 0.5) is 0 Å². The topological polar surface area (TPSA) is 32.3 Å². The van der Waals surface area contributed by atoms with Crippen LogP contribution in [0.5, 0.6) is 0 Å². The second kappa shape index (κ2) is 7.12. The molecule has 1 aromatic heterocycles. The van der Waals surface area contributed by atoms with Crippen molar-refractivity contribution in [3.8, 4) is 0 Å². The molecule has 1 aliphatic heterocycles. The summed E-state index contributed by atoms with van der Waals surface area (Å²) in [6, 6.07) is 3.53. The van der Waals surface area contributed by atoms with Gasteiger partial charge in [0, 0.05) is 13.1 Å². The van der Waals surface area contributed by atoms with Gasteiger partial charge < -0.3 is 10.2 Å². The molecule has 1 fully saturated rings. The molecule has 5 heteroatoms. The van der Waals surface area contributed by atoms with Crippen LogP contribution in [0.2, 0.25) is 4.34 Å². The highest BCUT2D eigenvalue weighted by molar-refractivity contribution is 7.17. The first kappa shape index (κ1) is 13.8. The molecule has 2 rings (SSSR count). The first-order valence-electron chi connectivity index (χ1n) is 6.51. The summed E-state index contributed by atoms with van der Waals surface area (Å²) in [7, 11) is 0.